The van der Waals surface area contributed by atoms with Crippen molar-refractivity contribution in [1.82, 2.24) is 5.32 Å². The van der Waals surface area contributed by atoms with E-state index in [1.807, 2.05) is 20.8 Å². The summed E-state index contributed by atoms with van der Waals surface area (Å²) in [5.74, 6) is -0.860. The zero-order valence-electron chi connectivity index (χ0n) is 11.4. The van der Waals surface area contributed by atoms with Gasteiger partial charge in [0.05, 0.1) is 5.56 Å². The summed E-state index contributed by atoms with van der Waals surface area (Å²) in [6, 6.07) is 2.64. The van der Waals surface area contributed by atoms with E-state index < -0.39 is 17.6 Å². The second kappa shape index (κ2) is 5.90. The van der Waals surface area contributed by atoms with Crippen molar-refractivity contribution in [2.24, 2.45) is 0 Å². The number of halogens is 4. The highest BCUT2D eigenvalue weighted by molar-refractivity contribution is 5.26. The summed E-state index contributed by atoms with van der Waals surface area (Å²) in [6.07, 6.45) is -2.81. The van der Waals surface area contributed by atoms with Crippen LogP contribution in [0.5, 0.6) is 0 Å². The predicted molar refractivity (Wildman–Crippen MR) is 67.2 cm³/mol. The first kappa shape index (κ1) is 16.0. The van der Waals surface area contributed by atoms with Crippen molar-refractivity contribution < 1.29 is 17.6 Å². The molecular formula is C14H19F4N. The Hall–Kier alpha value is -1.10. The van der Waals surface area contributed by atoms with Crippen LogP contribution in [0.2, 0.25) is 0 Å². The standard InChI is InChI=1S/C14H19F4N/c1-4-13(3,5-2)19-9-10-6-11(14(16,17)18)8-12(15)7-10/h6-8,19H,4-5,9H2,1-3H3. The average Bonchev–Trinajstić information content (AvgIpc) is 2.34. The first-order valence-electron chi connectivity index (χ1n) is 6.32. The molecule has 1 rings (SSSR count). The fraction of sp³-hybridized carbons (Fsp3) is 0.571. The highest BCUT2D eigenvalue weighted by Gasteiger charge is 2.31. The van der Waals surface area contributed by atoms with Gasteiger partial charge < -0.3 is 5.32 Å². The molecule has 1 N–H and O–H groups in total. The third kappa shape index (κ3) is 4.49. The summed E-state index contributed by atoms with van der Waals surface area (Å²) in [7, 11) is 0. The Morgan fingerprint density at radius 3 is 2.11 bits per heavy atom. The van der Waals surface area contributed by atoms with E-state index in [-0.39, 0.29) is 12.1 Å². The number of hydrogen-bond acceptors (Lipinski definition) is 1. The van der Waals surface area contributed by atoms with Gasteiger partial charge in [-0.2, -0.15) is 13.2 Å². The van der Waals surface area contributed by atoms with Crippen molar-refractivity contribution in [2.75, 3.05) is 0 Å². The number of hydrogen-bond donors (Lipinski definition) is 1. The second-order valence-electron chi connectivity index (χ2n) is 4.97. The molecule has 0 unspecified atom stereocenters. The Kier molecular flexibility index (Phi) is 4.96. The van der Waals surface area contributed by atoms with Gasteiger partial charge in [-0.1, -0.05) is 13.8 Å². The molecule has 1 aromatic rings. The highest BCUT2D eigenvalue weighted by atomic mass is 19.4. The zero-order valence-corrected chi connectivity index (χ0v) is 11.4. The second-order valence-corrected chi connectivity index (χ2v) is 4.97. The molecule has 0 heterocycles. The van der Waals surface area contributed by atoms with E-state index >= 15 is 0 Å². The molecule has 0 atom stereocenters. The zero-order chi connectivity index (χ0) is 14.7. The normalized spacial score (nSPS) is 12.8. The third-order valence-electron chi connectivity index (χ3n) is 3.56. The Labute approximate surface area is 111 Å². The molecule has 19 heavy (non-hydrogen) atoms. The maximum Gasteiger partial charge on any atom is 0.416 e. The van der Waals surface area contributed by atoms with Gasteiger partial charge in [0.15, 0.2) is 0 Å². The first-order chi connectivity index (χ1) is 8.70. The average molecular weight is 277 g/mol. The molecule has 0 aliphatic rings. The van der Waals surface area contributed by atoms with Crippen LogP contribution in [0, 0.1) is 5.82 Å². The van der Waals surface area contributed by atoms with E-state index in [1.165, 1.54) is 0 Å². The highest BCUT2D eigenvalue weighted by Crippen LogP contribution is 2.30. The van der Waals surface area contributed by atoms with Gasteiger partial charge >= 0.3 is 6.18 Å². The van der Waals surface area contributed by atoms with Crippen molar-refractivity contribution in [1.29, 1.82) is 0 Å². The van der Waals surface area contributed by atoms with Gasteiger partial charge in [-0.3, -0.25) is 0 Å². The van der Waals surface area contributed by atoms with Gasteiger partial charge in [-0.05, 0) is 43.5 Å². The Balaban J connectivity index is 2.88. The van der Waals surface area contributed by atoms with E-state index in [0.717, 1.165) is 25.0 Å². The van der Waals surface area contributed by atoms with Crippen molar-refractivity contribution in [3.05, 3.63) is 35.1 Å². The summed E-state index contributed by atoms with van der Waals surface area (Å²) in [5.41, 5.74) is -0.787. The molecule has 0 radical (unpaired) electrons. The van der Waals surface area contributed by atoms with E-state index in [4.69, 9.17) is 0 Å². The smallest absolute Gasteiger partial charge is 0.307 e. The molecule has 0 fully saturated rings. The summed E-state index contributed by atoms with van der Waals surface area (Å²) >= 11 is 0. The summed E-state index contributed by atoms with van der Waals surface area (Å²) in [5, 5.41) is 3.18. The fourth-order valence-corrected chi connectivity index (χ4v) is 1.73. The van der Waals surface area contributed by atoms with E-state index in [9.17, 15) is 17.6 Å². The molecule has 1 nitrogen and oxygen atoms in total. The topological polar surface area (TPSA) is 12.0 Å². The molecule has 0 saturated carbocycles. The maximum atomic E-state index is 13.2. The van der Waals surface area contributed by atoms with Gasteiger partial charge in [0.25, 0.3) is 0 Å². The minimum Gasteiger partial charge on any atom is -0.307 e. The minimum absolute atomic E-state index is 0.148. The monoisotopic (exact) mass is 277 g/mol. The third-order valence-corrected chi connectivity index (χ3v) is 3.56. The number of nitrogens with one attached hydrogen (secondary N) is 1. The van der Waals surface area contributed by atoms with Crippen LogP contribution in [0.15, 0.2) is 18.2 Å². The van der Waals surface area contributed by atoms with Crippen LogP contribution in [0.1, 0.15) is 44.7 Å². The Bertz CT molecular complexity index is 422. The van der Waals surface area contributed by atoms with Gasteiger partial charge in [-0.15, -0.1) is 0 Å². The van der Waals surface area contributed by atoms with Crippen LogP contribution in [0.25, 0.3) is 0 Å². The molecule has 0 aromatic heterocycles. The van der Waals surface area contributed by atoms with E-state index in [1.54, 1.807) is 0 Å². The SMILES string of the molecule is CCC(C)(CC)NCc1cc(F)cc(C(F)(F)F)c1. The Morgan fingerprint density at radius 1 is 1.05 bits per heavy atom. The van der Waals surface area contributed by atoms with Crippen molar-refractivity contribution in [3.63, 3.8) is 0 Å². The fourth-order valence-electron chi connectivity index (χ4n) is 1.73. The van der Waals surface area contributed by atoms with Crippen LogP contribution in [0.4, 0.5) is 17.6 Å². The molecule has 108 valence electrons. The molecule has 0 bridgehead atoms. The first-order valence-corrected chi connectivity index (χ1v) is 6.32. The number of alkyl halides is 3. The van der Waals surface area contributed by atoms with Crippen LogP contribution in [-0.2, 0) is 12.7 Å². The molecule has 0 spiro atoms. The quantitative estimate of drug-likeness (QED) is 0.781. The molecule has 0 aliphatic heterocycles. The van der Waals surface area contributed by atoms with Crippen molar-refractivity contribution in [2.45, 2.75) is 51.9 Å². The van der Waals surface area contributed by atoms with Gasteiger partial charge in [0.1, 0.15) is 5.82 Å². The van der Waals surface area contributed by atoms with Crippen LogP contribution >= 0.6 is 0 Å². The van der Waals surface area contributed by atoms with Crippen LogP contribution in [0.3, 0.4) is 0 Å². The lowest BCUT2D eigenvalue weighted by molar-refractivity contribution is -0.137. The van der Waals surface area contributed by atoms with Gasteiger partial charge in [0.2, 0.25) is 0 Å². The van der Waals surface area contributed by atoms with Gasteiger partial charge in [-0.25, -0.2) is 4.39 Å². The minimum atomic E-state index is -4.52. The molecule has 0 amide bonds. The lowest BCUT2D eigenvalue weighted by atomic mass is 9.95. The van der Waals surface area contributed by atoms with Gasteiger partial charge in [0, 0.05) is 12.1 Å². The molecule has 5 heteroatoms. The van der Waals surface area contributed by atoms with E-state index in [0.29, 0.717) is 11.6 Å². The maximum absolute atomic E-state index is 13.2. The number of rotatable bonds is 5. The summed E-state index contributed by atoms with van der Waals surface area (Å²) in [6.45, 7) is 6.22. The summed E-state index contributed by atoms with van der Waals surface area (Å²) < 4.78 is 50.9. The largest absolute Gasteiger partial charge is 0.416 e. The predicted octanol–water partition coefficient (Wildman–Crippen LogP) is 4.51. The van der Waals surface area contributed by atoms with E-state index in [2.05, 4.69) is 5.32 Å². The summed E-state index contributed by atoms with van der Waals surface area (Å²) in [4.78, 5) is 0. The Morgan fingerprint density at radius 2 is 1.63 bits per heavy atom. The lowest BCUT2D eigenvalue weighted by Crippen LogP contribution is -2.40. The van der Waals surface area contributed by atoms with Crippen molar-refractivity contribution in [3.8, 4) is 0 Å². The number of benzene rings is 1. The molecule has 0 aliphatic carbocycles. The van der Waals surface area contributed by atoms with Crippen molar-refractivity contribution >= 4 is 0 Å². The molecular weight excluding hydrogens is 258 g/mol. The van der Waals surface area contributed by atoms with Crippen LogP contribution in [-0.4, -0.2) is 5.54 Å². The van der Waals surface area contributed by atoms with Crippen LogP contribution < -0.4 is 5.32 Å². The molecule has 0 saturated heterocycles. The molecule has 1 aromatic carbocycles. The lowest BCUT2D eigenvalue weighted by Gasteiger charge is -2.28.